The molecule has 1 N–H and O–H groups in total. The molecule has 0 spiro atoms. The molecule has 31 heavy (non-hydrogen) atoms. The van der Waals surface area contributed by atoms with E-state index in [4.69, 9.17) is 9.72 Å². The largest absolute Gasteiger partial charge is 0.494 e. The first kappa shape index (κ1) is 19.2. The number of para-hydroxylation sites is 2. The van der Waals surface area contributed by atoms with Gasteiger partial charge in [-0.1, -0.05) is 29.8 Å². The summed E-state index contributed by atoms with van der Waals surface area (Å²) in [5.74, 6) is 1.54. The monoisotopic (exact) mass is 412 g/mol. The Bertz CT molecular complexity index is 1260. The molecular weight excluding hydrogens is 388 g/mol. The van der Waals surface area contributed by atoms with Crippen LogP contribution in [0, 0.1) is 6.92 Å². The molecule has 1 aliphatic rings. The summed E-state index contributed by atoms with van der Waals surface area (Å²) < 4.78 is 7.88. The number of rotatable bonds is 4. The van der Waals surface area contributed by atoms with Gasteiger partial charge in [-0.25, -0.2) is 4.98 Å². The molecule has 6 nitrogen and oxygen atoms in total. The van der Waals surface area contributed by atoms with Crippen molar-refractivity contribution >= 4 is 28.3 Å². The molecule has 0 saturated heterocycles. The van der Waals surface area contributed by atoms with Crippen molar-refractivity contribution in [2.75, 3.05) is 23.9 Å². The second-order valence-electron chi connectivity index (χ2n) is 7.79. The molecule has 3 aromatic carbocycles. The van der Waals surface area contributed by atoms with Gasteiger partial charge in [-0.05, 0) is 43.3 Å². The second kappa shape index (κ2) is 7.80. The predicted octanol–water partition coefficient (Wildman–Crippen LogP) is 4.63. The number of imidazole rings is 1. The molecule has 0 radical (unpaired) electrons. The van der Waals surface area contributed by atoms with Crippen molar-refractivity contribution in [3.05, 3.63) is 83.7 Å². The summed E-state index contributed by atoms with van der Waals surface area (Å²) in [4.78, 5) is 19.7. The number of methoxy groups -OCH3 is 1. The zero-order chi connectivity index (χ0) is 21.4. The Balaban J connectivity index is 1.37. The standard InChI is InChI=1S/C25H24N4O2/c1-17-7-9-18(10-8-17)25(30)27-21-12-11-19(15-23(21)31-2)28-13-14-29-22-6-4-3-5-20(22)26-24(29)16-28/h3-12,15H,13-14,16H2,1-2H3,(H,27,30). The fourth-order valence-electron chi connectivity index (χ4n) is 4.07. The molecule has 0 aliphatic carbocycles. The van der Waals surface area contributed by atoms with Gasteiger partial charge in [-0.3, -0.25) is 4.79 Å². The summed E-state index contributed by atoms with van der Waals surface area (Å²) in [6, 6.07) is 21.7. The zero-order valence-corrected chi connectivity index (χ0v) is 17.6. The molecule has 0 fully saturated rings. The van der Waals surface area contributed by atoms with Crippen molar-refractivity contribution in [2.45, 2.75) is 20.0 Å². The average Bonchev–Trinajstić information content (AvgIpc) is 3.17. The SMILES string of the molecule is COc1cc(N2CCn3c(nc4ccccc43)C2)ccc1NC(=O)c1ccc(C)cc1. The van der Waals surface area contributed by atoms with Gasteiger partial charge >= 0.3 is 0 Å². The summed E-state index contributed by atoms with van der Waals surface area (Å²) in [5.41, 5.74) is 5.65. The van der Waals surface area contributed by atoms with Gasteiger partial charge in [-0.2, -0.15) is 0 Å². The first-order valence-electron chi connectivity index (χ1n) is 10.4. The maximum absolute atomic E-state index is 12.6. The third kappa shape index (κ3) is 3.61. The Morgan fingerprint density at radius 3 is 2.65 bits per heavy atom. The van der Waals surface area contributed by atoms with Gasteiger partial charge in [0.2, 0.25) is 0 Å². The molecule has 0 atom stereocenters. The smallest absolute Gasteiger partial charge is 0.255 e. The Morgan fingerprint density at radius 2 is 1.84 bits per heavy atom. The maximum atomic E-state index is 12.6. The number of ether oxygens (including phenoxy) is 1. The zero-order valence-electron chi connectivity index (χ0n) is 17.6. The van der Waals surface area contributed by atoms with Crippen LogP contribution in [0.2, 0.25) is 0 Å². The van der Waals surface area contributed by atoms with E-state index in [9.17, 15) is 4.79 Å². The number of anilines is 2. The van der Waals surface area contributed by atoms with E-state index < -0.39 is 0 Å². The lowest BCUT2D eigenvalue weighted by atomic mass is 10.1. The van der Waals surface area contributed by atoms with Crippen molar-refractivity contribution < 1.29 is 9.53 Å². The van der Waals surface area contributed by atoms with E-state index >= 15 is 0 Å². The summed E-state index contributed by atoms with van der Waals surface area (Å²) in [5, 5.41) is 2.96. The van der Waals surface area contributed by atoms with Gasteiger partial charge in [0.05, 0.1) is 30.4 Å². The van der Waals surface area contributed by atoms with E-state index in [0.29, 0.717) is 17.0 Å². The van der Waals surface area contributed by atoms with Crippen molar-refractivity contribution in [1.82, 2.24) is 9.55 Å². The molecule has 0 saturated carbocycles. The molecule has 156 valence electrons. The van der Waals surface area contributed by atoms with Crippen LogP contribution in [0.25, 0.3) is 11.0 Å². The third-order valence-corrected chi connectivity index (χ3v) is 5.77. The minimum Gasteiger partial charge on any atom is -0.494 e. The van der Waals surface area contributed by atoms with Crippen LogP contribution in [0.3, 0.4) is 0 Å². The second-order valence-corrected chi connectivity index (χ2v) is 7.79. The normalized spacial score (nSPS) is 13.2. The molecule has 1 aromatic heterocycles. The first-order valence-corrected chi connectivity index (χ1v) is 10.4. The quantitative estimate of drug-likeness (QED) is 0.531. The predicted molar refractivity (Wildman–Crippen MR) is 123 cm³/mol. The Hall–Kier alpha value is -3.80. The van der Waals surface area contributed by atoms with E-state index in [1.165, 1.54) is 5.52 Å². The van der Waals surface area contributed by atoms with Crippen LogP contribution in [0.1, 0.15) is 21.7 Å². The average molecular weight is 412 g/mol. The number of amides is 1. The van der Waals surface area contributed by atoms with Gasteiger partial charge in [0.15, 0.2) is 0 Å². The summed E-state index contributed by atoms with van der Waals surface area (Å²) in [6.45, 7) is 4.49. The Morgan fingerprint density at radius 1 is 1.03 bits per heavy atom. The lowest BCUT2D eigenvalue weighted by Gasteiger charge is -2.30. The lowest BCUT2D eigenvalue weighted by molar-refractivity contribution is 0.102. The van der Waals surface area contributed by atoms with Crippen molar-refractivity contribution in [3.8, 4) is 5.75 Å². The number of benzene rings is 3. The Kier molecular flexibility index (Phi) is 4.82. The Labute approximate surface area is 181 Å². The highest BCUT2D eigenvalue weighted by molar-refractivity contribution is 6.05. The highest BCUT2D eigenvalue weighted by atomic mass is 16.5. The van der Waals surface area contributed by atoms with Gasteiger partial charge in [-0.15, -0.1) is 0 Å². The number of carbonyl (C=O) groups is 1. The molecule has 2 heterocycles. The van der Waals surface area contributed by atoms with Crippen molar-refractivity contribution in [2.24, 2.45) is 0 Å². The van der Waals surface area contributed by atoms with Crippen LogP contribution in [-0.4, -0.2) is 29.1 Å². The highest BCUT2D eigenvalue weighted by Gasteiger charge is 2.21. The molecular formula is C25H24N4O2. The fourth-order valence-corrected chi connectivity index (χ4v) is 4.07. The van der Waals surface area contributed by atoms with Crippen LogP contribution in [0.15, 0.2) is 66.7 Å². The lowest BCUT2D eigenvalue weighted by Crippen LogP contribution is -2.33. The molecule has 1 aliphatic heterocycles. The number of fused-ring (bicyclic) bond motifs is 3. The van der Waals surface area contributed by atoms with Crippen LogP contribution in [0.5, 0.6) is 5.75 Å². The molecule has 5 rings (SSSR count). The summed E-state index contributed by atoms with van der Waals surface area (Å²) in [7, 11) is 1.62. The molecule has 6 heteroatoms. The molecule has 1 amide bonds. The summed E-state index contributed by atoms with van der Waals surface area (Å²) >= 11 is 0. The number of aromatic nitrogens is 2. The van der Waals surface area contributed by atoms with E-state index in [1.807, 2.05) is 55.5 Å². The minimum atomic E-state index is -0.155. The summed E-state index contributed by atoms with van der Waals surface area (Å²) in [6.07, 6.45) is 0. The van der Waals surface area contributed by atoms with Gasteiger partial charge in [0.1, 0.15) is 11.6 Å². The highest BCUT2D eigenvalue weighted by Crippen LogP contribution is 2.32. The number of carbonyl (C=O) groups excluding carboxylic acids is 1. The van der Waals surface area contributed by atoms with E-state index in [2.05, 4.69) is 33.0 Å². The number of hydrogen-bond donors (Lipinski definition) is 1. The topological polar surface area (TPSA) is 59.4 Å². The number of nitrogens with one attached hydrogen (secondary N) is 1. The maximum Gasteiger partial charge on any atom is 0.255 e. The minimum absolute atomic E-state index is 0.155. The molecule has 0 bridgehead atoms. The van der Waals surface area contributed by atoms with E-state index in [0.717, 1.165) is 42.2 Å². The molecule has 4 aromatic rings. The van der Waals surface area contributed by atoms with Crippen LogP contribution in [0.4, 0.5) is 11.4 Å². The van der Waals surface area contributed by atoms with Crippen molar-refractivity contribution in [3.63, 3.8) is 0 Å². The number of aryl methyl sites for hydroxylation is 1. The van der Waals surface area contributed by atoms with E-state index in [1.54, 1.807) is 7.11 Å². The van der Waals surface area contributed by atoms with Gasteiger partial charge in [0.25, 0.3) is 5.91 Å². The van der Waals surface area contributed by atoms with Crippen LogP contribution < -0.4 is 15.0 Å². The number of nitrogens with zero attached hydrogens (tertiary/aromatic N) is 3. The van der Waals surface area contributed by atoms with Crippen LogP contribution in [-0.2, 0) is 13.1 Å². The number of hydrogen-bond acceptors (Lipinski definition) is 4. The van der Waals surface area contributed by atoms with Crippen LogP contribution >= 0.6 is 0 Å². The fraction of sp³-hybridized carbons (Fsp3) is 0.200. The molecule has 0 unspecified atom stereocenters. The first-order chi connectivity index (χ1) is 15.1. The van der Waals surface area contributed by atoms with Gasteiger partial charge < -0.3 is 19.5 Å². The van der Waals surface area contributed by atoms with Crippen molar-refractivity contribution in [1.29, 1.82) is 0 Å². The van der Waals surface area contributed by atoms with Gasteiger partial charge in [0, 0.05) is 30.4 Å². The third-order valence-electron chi connectivity index (χ3n) is 5.77. The van der Waals surface area contributed by atoms with E-state index in [-0.39, 0.29) is 5.91 Å².